The minimum atomic E-state index is -0.554. The van der Waals surface area contributed by atoms with E-state index in [9.17, 15) is 19.6 Å². The number of carbonyl (C=O) groups is 3. The van der Waals surface area contributed by atoms with E-state index >= 15 is 0 Å². The van der Waals surface area contributed by atoms with Crippen LogP contribution in [-0.4, -0.2) is 52.5 Å². The van der Waals surface area contributed by atoms with Crippen molar-refractivity contribution in [3.63, 3.8) is 0 Å². The van der Waals surface area contributed by atoms with Crippen molar-refractivity contribution in [2.75, 3.05) is 13.1 Å². The van der Waals surface area contributed by atoms with Gasteiger partial charge >= 0.3 is 0 Å². The molecule has 0 unspecified atom stereocenters. The van der Waals surface area contributed by atoms with E-state index in [-0.39, 0.29) is 12.5 Å². The van der Waals surface area contributed by atoms with E-state index in [4.69, 9.17) is 5.73 Å². The lowest BCUT2D eigenvalue weighted by molar-refractivity contribution is -0.158. The van der Waals surface area contributed by atoms with Crippen LogP contribution in [-0.2, 0) is 14.4 Å². The van der Waals surface area contributed by atoms with Gasteiger partial charge in [0.2, 0.25) is 18.2 Å². The first-order valence-electron chi connectivity index (χ1n) is 8.03. The summed E-state index contributed by atoms with van der Waals surface area (Å²) in [6.07, 6.45) is 6.78. The minimum absolute atomic E-state index is 0.0270. The fourth-order valence-electron chi connectivity index (χ4n) is 3.73. The molecule has 0 aromatic rings. The van der Waals surface area contributed by atoms with Gasteiger partial charge in [-0.2, -0.15) is 0 Å². The Balaban J connectivity index is 2.06. The highest BCUT2D eigenvalue weighted by Gasteiger charge is 2.37. The second kappa shape index (κ2) is 7.58. The van der Waals surface area contributed by atoms with Gasteiger partial charge in [-0.1, -0.05) is 25.7 Å². The van der Waals surface area contributed by atoms with Crippen LogP contribution in [0.4, 0.5) is 0 Å². The molecule has 1 heterocycles. The summed E-state index contributed by atoms with van der Waals surface area (Å²) in [7, 11) is 0. The zero-order valence-corrected chi connectivity index (χ0v) is 12.8. The molecule has 7 heteroatoms. The summed E-state index contributed by atoms with van der Waals surface area (Å²) in [5.74, 6) is -0.683. The number of hydrogen-bond donors (Lipinski definition) is 2. The number of likely N-dealkylation sites (tertiary alicyclic amines) is 1. The third-order valence-electron chi connectivity index (χ3n) is 4.84. The van der Waals surface area contributed by atoms with Gasteiger partial charge in [-0.15, -0.1) is 0 Å². The Bertz CT molecular complexity index is 423. The maximum absolute atomic E-state index is 12.8. The van der Waals surface area contributed by atoms with Gasteiger partial charge in [-0.25, -0.2) is 5.06 Å². The molecule has 2 aliphatic rings. The van der Waals surface area contributed by atoms with Gasteiger partial charge in [0, 0.05) is 6.54 Å². The van der Waals surface area contributed by atoms with E-state index in [2.05, 4.69) is 0 Å². The predicted octanol–water partition coefficient (Wildman–Crippen LogP) is 0.507. The van der Waals surface area contributed by atoms with Crippen LogP contribution < -0.4 is 5.73 Å². The van der Waals surface area contributed by atoms with Crippen LogP contribution in [0.5, 0.6) is 0 Å². The number of hydrogen-bond acceptors (Lipinski definition) is 4. The Kier molecular flexibility index (Phi) is 5.76. The summed E-state index contributed by atoms with van der Waals surface area (Å²) in [5, 5.41) is 9.99. The van der Waals surface area contributed by atoms with Crippen LogP contribution in [0, 0.1) is 11.8 Å². The Morgan fingerprint density at radius 1 is 1.27 bits per heavy atom. The number of carbonyl (C=O) groups excluding carboxylic acids is 3. The van der Waals surface area contributed by atoms with E-state index in [0.717, 1.165) is 32.1 Å². The van der Waals surface area contributed by atoms with E-state index in [1.165, 1.54) is 4.90 Å². The third kappa shape index (κ3) is 3.97. The first-order chi connectivity index (χ1) is 10.5. The molecule has 1 aliphatic heterocycles. The van der Waals surface area contributed by atoms with Crippen molar-refractivity contribution in [2.45, 2.75) is 51.0 Å². The van der Waals surface area contributed by atoms with Crippen molar-refractivity contribution in [3.8, 4) is 0 Å². The Labute approximate surface area is 130 Å². The highest BCUT2D eigenvalue weighted by molar-refractivity contribution is 5.88. The number of nitrogens with zero attached hydrogens (tertiary/aromatic N) is 2. The zero-order chi connectivity index (χ0) is 16.1. The molecular weight excluding hydrogens is 286 g/mol. The van der Waals surface area contributed by atoms with Crippen molar-refractivity contribution >= 4 is 18.2 Å². The fraction of sp³-hybridized carbons (Fsp3) is 0.800. The minimum Gasteiger partial charge on any atom is -0.368 e. The molecule has 0 bridgehead atoms. The third-order valence-corrected chi connectivity index (χ3v) is 4.84. The SMILES string of the molecule is NC(=O)[C@@H]1CCCN1C(=O)[C@H](CC1CCCC1)CN(O)C=O. The molecule has 0 aromatic carbocycles. The standard InChI is InChI=1S/C15H25N3O4/c16-14(20)13-6-3-7-18(13)15(21)12(9-17(22)10-19)8-11-4-1-2-5-11/h10-13,22H,1-9H2,(H2,16,20)/t12-,13+/m1/s1. The summed E-state index contributed by atoms with van der Waals surface area (Å²) < 4.78 is 0. The summed E-state index contributed by atoms with van der Waals surface area (Å²) in [5.41, 5.74) is 5.37. The smallest absolute Gasteiger partial charge is 0.240 e. The molecule has 22 heavy (non-hydrogen) atoms. The largest absolute Gasteiger partial charge is 0.368 e. The van der Waals surface area contributed by atoms with Crippen LogP contribution >= 0.6 is 0 Å². The van der Waals surface area contributed by atoms with Gasteiger partial charge < -0.3 is 10.6 Å². The quantitative estimate of drug-likeness (QED) is 0.406. The van der Waals surface area contributed by atoms with E-state index in [1.807, 2.05) is 0 Å². The van der Waals surface area contributed by atoms with Gasteiger partial charge in [-0.05, 0) is 25.2 Å². The molecule has 1 aliphatic carbocycles. The van der Waals surface area contributed by atoms with Gasteiger partial charge in [0.1, 0.15) is 6.04 Å². The Hall–Kier alpha value is -1.63. The average Bonchev–Trinajstić information content (AvgIpc) is 3.16. The molecule has 3 N–H and O–H groups in total. The Morgan fingerprint density at radius 2 is 1.95 bits per heavy atom. The molecule has 1 saturated carbocycles. The van der Waals surface area contributed by atoms with Crippen LogP contribution in [0.2, 0.25) is 0 Å². The van der Waals surface area contributed by atoms with Gasteiger partial charge in [0.15, 0.2) is 0 Å². The summed E-state index contributed by atoms with van der Waals surface area (Å²) in [6.45, 7) is 0.487. The molecular formula is C15H25N3O4. The van der Waals surface area contributed by atoms with E-state index in [0.29, 0.717) is 36.8 Å². The average molecular weight is 311 g/mol. The number of hydroxylamine groups is 2. The topological polar surface area (TPSA) is 104 Å². The van der Waals surface area contributed by atoms with Crippen LogP contribution in [0.3, 0.4) is 0 Å². The van der Waals surface area contributed by atoms with Crippen LogP contribution in [0.1, 0.15) is 44.9 Å². The molecule has 0 aromatic heterocycles. The van der Waals surface area contributed by atoms with Gasteiger partial charge in [-0.3, -0.25) is 19.6 Å². The second-order valence-corrected chi connectivity index (χ2v) is 6.40. The summed E-state index contributed by atoms with van der Waals surface area (Å²) in [6, 6.07) is -0.554. The lowest BCUT2D eigenvalue weighted by Gasteiger charge is -2.29. The lowest BCUT2D eigenvalue weighted by atomic mass is 9.91. The molecule has 0 radical (unpaired) electrons. The van der Waals surface area contributed by atoms with Crippen molar-refractivity contribution in [2.24, 2.45) is 17.6 Å². The maximum atomic E-state index is 12.8. The normalized spacial score (nSPS) is 23.5. The van der Waals surface area contributed by atoms with Crippen LogP contribution in [0.25, 0.3) is 0 Å². The molecule has 2 rings (SSSR count). The number of rotatable bonds is 7. The van der Waals surface area contributed by atoms with E-state index in [1.54, 1.807) is 0 Å². The molecule has 7 nitrogen and oxygen atoms in total. The highest BCUT2D eigenvalue weighted by Crippen LogP contribution is 2.32. The van der Waals surface area contributed by atoms with Crippen molar-refractivity contribution in [1.29, 1.82) is 0 Å². The fourth-order valence-corrected chi connectivity index (χ4v) is 3.73. The molecule has 0 spiro atoms. The number of amides is 3. The monoisotopic (exact) mass is 311 g/mol. The first kappa shape index (κ1) is 16.7. The molecule has 2 atom stereocenters. The molecule has 2 fully saturated rings. The van der Waals surface area contributed by atoms with Crippen molar-refractivity contribution in [3.05, 3.63) is 0 Å². The number of primary amides is 1. The van der Waals surface area contributed by atoms with Crippen LogP contribution in [0.15, 0.2) is 0 Å². The van der Waals surface area contributed by atoms with E-state index < -0.39 is 17.9 Å². The Morgan fingerprint density at radius 3 is 2.55 bits per heavy atom. The number of nitrogens with two attached hydrogens (primary N) is 1. The summed E-state index contributed by atoms with van der Waals surface area (Å²) >= 11 is 0. The second-order valence-electron chi connectivity index (χ2n) is 6.40. The molecule has 3 amide bonds. The first-order valence-corrected chi connectivity index (χ1v) is 8.03. The predicted molar refractivity (Wildman–Crippen MR) is 78.6 cm³/mol. The summed E-state index contributed by atoms with van der Waals surface area (Å²) in [4.78, 5) is 36.4. The zero-order valence-electron chi connectivity index (χ0n) is 12.8. The maximum Gasteiger partial charge on any atom is 0.240 e. The van der Waals surface area contributed by atoms with Gasteiger partial charge in [0.05, 0.1) is 12.5 Å². The van der Waals surface area contributed by atoms with Crippen molar-refractivity contribution in [1.82, 2.24) is 9.96 Å². The molecule has 1 saturated heterocycles. The molecule has 124 valence electrons. The lowest BCUT2D eigenvalue weighted by Crippen LogP contribution is -2.48. The van der Waals surface area contributed by atoms with Gasteiger partial charge in [0.25, 0.3) is 0 Å². The van der Waals surface area contributed by atoms with Crippen molar-refractivity contribution < 1.29 is 19.6 Å². The highest BCUT2D eigenvalue weighted by atomic mass is 16.5.